The van der Waals surface area contributed by atoms with Crippen molar-refractivity contribution in [2.75, 3.05) is 18.0 Å². The molecule has 0 bridgehead atoms. The van der Waals surface area contributed by atoms with Crippen molar-refractivity contribution in [3.8, 4) is 0 Å². The van der Waals surface area contributed by atoms with Gasteiger partial charge in [0.1, 0.15) is 12.2 Å². The van der Waals surface area contributed by atoms with E-state index in [9.17, 15) is 0 Å². The fraction of sp³-hybridized carbons (Fsp3) is 0.500. The second kappa shape index (κ2) is 6.75. The maximum Gasteiger partial charge on any atom is 0.114 e. The molecule has 0 radical (unpaired) electrons. The standard InChI is InChI=1S/C10H13NOS.C2H6/c1-12-13-11-8-4-6-9-5-2-3-7-10(9)11;1-2/h2-3,5,7H,4,6,8H2,1H3;1-2H3. The molecule has 0 N–H and O–H groups in total. The summed E-state index contributed by atoms with van der Waals surface area (Å²) in [5.74, 6) is 0. The van der Waals surface area contributed by atoms with E-state index in [-0.39, 0.29) is 0 Å². The minimum atomic E-state index is 1.08. The average Bonchev–Trinajstić information content (AvgIpc) is 2.33. The van der Waals surface area contributed by atoms with Gasteiger partial charge in [-0.25, -0.2) is 0 Å². The first kappa shape index (κ1) is 12.4. The lowest BCUT2D eigenvalue weighted by Gasteiger charge is -2.28. The molecule has 2 nitrogen and oxygen atoms in total. The second-order valence-corrected chi connectivity index (χ2v) is 4.00. The van der Waals surface area contributed by atoms with Crippen LogP contribution in [-0.2, 0) is 10.6 Å². The number of nitrogens with zero attached hydrogens (tertiary/aromatic N) is 1. The highest BCUT2D eigenvalue weighted by Crippen LogP contribution is 2.31. The van der Waals surface area contributed by atoms with Crippen molar-refractivity contribution < 1.29 is 4.18 Å². The van der Waals surface area contributed by atoms with Gasteiger partial charge in [-0.2, -0.15) is 0 Å². The van der Waals surface area contributed by atoms with Crippen molar-refractivity contribution >= 4 is 17.9 Å². The summed E-state index contributed by atoms with van der Waals surface area (Å²) in [6.45, 7) is 5.08. The van der Waals surface area contributed by atoms with Gasteiger partial charge in [-0.1, -0.05) is 32.0 Å². The van der Waals surface area contributed by atoms with Crippen molar-refractivity contribution in [2.45, 2.75) is 26.7 Å². The first-order valence-corrected chi connectivity index (χ1v) is 6.18. The molecule has 84 valence electrons. The number of hydrogen-bond donors (Lipinski definition) is 0. The van der Waals surface area contributed by atoms with E-state index in [1.807, 2.05) is 13.8 Å². The molecule has 1 aromatic rings. The molecular formula is C12H19NOS. The van der Waals surface area contributed by atoms with Crippen LogP contribution < -0.4 is 4.31 Å². The molecule has 1 aliphatic rings. The number of fused-ring (bicyclic) bond motifs is 1. The second-order valence-electron chi connectivity index (χ2n) is 3.08. The van der Waals surface area contributed by atoms with Crippen molar-refractivity contribution in [3.63, 3.8) is 0 Å². The zero-order chi connectivity index (χ0) is 11.1. The highest BCUT2D eigenvalue weighted by molar-refractivity contribution is 7.96. The topological polar surface area (TPSA) is 12.5 Å². The van der Waals surface area contributed by atoms with Crippen LogP contribution in [0.25, 0.3) is 0 Å². The Morgan fingerprint density at radius 2 is 2.00 bits per heavy atom. The van der Waals surface area contributed by atoms with E-state index in [0.29, 0.717) is 0 Å². The fourth-order valence-electron chi connectivity index (χ4n) is 1.67. The summed E-state index contributed by atoms with van der Waals surface area (Å²) in [5.41, 5.74) is 2.74. The maximum atomic E-state index is 5.08. The number of aryl methyl sites for hydroxylation is 1. The summed E-state index contributed by atoms with van der Waals surface area (Å²) in [4.78, 5) is 0. The molecule has 1 heterocycles. The van der Waals surface area contributed by atoms with Crippen LogP contribution in [0.2, 0.25) is 0 Å². The maximum absolute atomic E-state index is 5.08. The summed E-state index contributed by atoms with van der Waals surface area (Å²) < 4.78 is 7.29. The lowest BCUT2D eigenvalue weighted by molar-refractivity contribution is 0.486. The third-order valence-electron chi connectivity index (χ3n) is 2.23. The smallest absolute Gasteiger partial charge is 0.114 e. The number of hydrogen-bond acceptors (Lipinski definition) is 3. The van der Waals surface area contributed by atoms with Crippen LogP contribution in [0.15, 0.2) is 24.3 Å². The zero-order valence-electron chi connectivity index (χ0n) is 9.69. The van der Waals surface area contributed by atoms with E-state index in [2.05, 4.69) is 28.6 Å². The Balaban J connectivity index is 0.000000531. The van der Waals surface area contributed by atoms with Crippen LogP contribution in [0.1, 0.15) is 25.8 Å². The highest BCUT2D eigenvalue weighted by Gasteiger charge is 2.16. The molecular weight excluding hydrogens is 206 g/mol. The van der Waals surface area contributed by atoms with Gasteiger partial charge in [0.15, 0.2) is 0 Å². The Bertz CT molecular complexity index is 291. The minimum Gasteiger partial charge on any atom is -0.300 e. The largest absolute Gasteiger partial charge is 0.300 e. The van der Waals surface area contributed by atoms with E-state index in [1.54, 1.807) is 7.11 Å². The third kappa shape index (κ3) is 3.14. The Hall–Kier alpha value is -0.670. The normalized spacial score (nSPS) is 13.9. The van der Waals surface area contributed by atoms with E-state index in [1.165, 1.54) is 36.3 Å². The summed E-state index contributed by atoms with van der Waals surface area (Å²) in [7, 11) is 1.71. The van der Waals surface area contributed by atoms with Gasteiger partial charge >= 0.3 is 0 Å². The Morgan fingerprint density at radius 3 is 2.73 bits per heavy atom. The van der Waals surface area contributed by atoms with Crippen LogP contribution in [0.4, 0.5) is 5.69 Å². The average molecular weight is 225 g/mol. The van der Waals surface area contributed by atoms with Gasteiger partial charge in [-0.15, -0.1) is 0 Å². The molecule has 1 aromatic carbocycles. The molecule has 1 aliphatic heterocycles. The SMILES string of the molecule is CC.COSN1CCCc2ccccc21. The first-order valence-electron chi connectivity index (χ1n) is 5.48. The molecule has 0 unspecified atom stereocenters. The zero-order valence-corrected chi connectivity index (χ0v) is 10.5. The van der Waals surface area contributed by atoms with Crippen molar-refractivity contribution in [1.82, 2.24) is 0 Å². The molecule has 0 saturated carbocycles. The Morgan fingerprint density at radius 1 is 1.27 bits per heavy atom. The quantitative estimate of drug-likeness (QED) is 0.563. The van der Waals surface area contributed by atoms with Gasteiger partial charge < -0.3 is 0 Å². The Kier molecular flexibility index (Phi) is 5.58. The van der Waals surface area contributed by atoms with Crippen LogP contribution in [0.3, 0.4) is 0 Å². The van der Waals surface area contributed by atoms with E-state index in [0.717, 1.165) is 6.54 Å². The van der Waals surface area contributed by atoms with E-state index in [4.69, 9.17) is 4.18 Å². The molecule has 0 amide bonds. The molecule has 0 fully saturated rings. The van der Waals surface area contributed by atoms with Gasteiger partial charge in [0.2, 0.25) is 0 Å². The predicted molar refractivity (Wildman–Crippen MR) is 68.1 cm³/mol. The first-order chi connectivity index (χ1) is 7.42. The van der Waals surface area contributed by atoms with Crippen molar-refractivity contribution in [2.24, 2.45) is 0 Å². The number of rotatable bonds is 2. The lowest BCUT2D eigenvalue weighted by Crippen LogP contribution is -2.22. The minimum absolute atomic E-state index is 1.08. The number of benzene rings is 1. The summed E-state index contributed by atoms with van der Waals surface area (Å²) in [5, 5.41) is 0. The number of para-hydroxylation sites is 1. The van der Waals surface area contributed by atoms with Gasteiger partial charge in [-0.05, 0) is 24.5 Å². The van der Waals surface area contributed by atoms with Crippen LogP contribution >= 0.6 is 12.2 Å². The van der Waals surface area contributed by atoms with Gasteiger partial charge in [0, 0.05) is 6.54 Å². The van der Waals surface area contributed by atoms with Gasteiger partial charge in [-0.3, -0.25) is 8.49 Å². The van der Waals surface area contributed by atoms with Crippen molar-refractivity contribution in [1.29, 1.82) is 0 Å². The molecule has 0 atom stereocenters. The molecule has 0 aromatic heterocycles. The highest BCUT2D eigenvalue weighted by atomic mass is 32.2. The summed E-state index contributed by atoms with van der Waals surface area (Å²) in [6, 6.07) is 8.52. The van der Waals surface area contributed by atoms with Crippen LogP contribution in [0, 0.1) is 0 Å². The molecule has 0 spiro atoms. The van der Waals surface area contributed by atoms with Crippen LogP contribution in [-0.4, -0.2) is 13.7 Å². The van der Waals surface area contributed by atoms with Crippen LogP contribution in [0.5, 0.6) is 0 Å². The van der Waals surface area contributed by atoms with Crippen molar-refractivity contribution in [3.05, 3.63) is 29.8 Å². The summed E-state index contributed by atoms with van der Waals surface area (Å²) in [6.07, 6.45) is 2.41. The Labute approximate surface area is 97.0 Å². The molecule has 0 saturated heterocycles. The van der Waals surface area contributed by atoms with E-state index >= 15 is 0 Å². The van der Waals surface area contributed by atoms with Gasteiger partial charge in [0.25, 0.3) is 0 Å². The lowest BCUT2D eigenvalue weighted by atomic mass is 10.0. The third-order valence-corrected chi connectivity index (χ3v) is 2.94. The predicted octanol–water partition coefficient (Wildman–Crippen LogP) is 3.68. The molecule has 0 aliphatic carbocycles. The molecule has 2 rings (SSSR count). The monoisotopic (exact) mass is 225 g/mol. The van der Waals surface area contributed by atoms with Gasteiger partial charge in [0.05, 0.1) is 12.8 Å². The fourth-order valence-corrected chi connectivity index (χ4v) is 2.31. The molecule has 15 heavy (non-hydrogen) atoms. The summed E-state index contributed by atoms with van der Waals surface area (Å²) >= 11 is 1.43. The van der Waals surface area contributed by atoms with E-state index < -0.39 is 0 Å². The number of anilines is 1. The molecule has 3 heteroatoms.